The van der Waals surface area contributed by atoms with Gasteiger partial charge in [0.15, 0.2) is 0 Å². The summed E-state index contributed by atoms with van der Waals surface area (Å²) in [5, 5.41) is 0. The quantitative estimate of drug-likeness (QED) is 0.700. The maximum Gasteiger partial charge on any atom is 0.433 e. The molecule has 2 heterocycles. The van der Waals surface area contributed by atoms with Crippen molar-refractivity contribution in [3.8, 4) is 11.1 Å². The second kappa shape index (κ2) is 7.67. The van der Waals surface area contributed by atoms with E-state index >= 15 is 0 Å². The topological polar surface area (TPSA) is 51.7 Å². The van der Waals surface area contributed by atoms with Gasteiger partial charge in [-0.15, -0.1) is 0 Å². The summed E-state index contributed by atoms with van der Waals surface area (Å²) >= 11 is 0. The van der Waals surface area contributed by atoms with Gasteiger partial charge in [-0.25, -0.2) is 4.79 Å². The molecule has 0 radical (unpaired) electrons. The summed E-state index contributed by atoms with van der Waals surface area (Å²) in [6.45, 7) is 5.89. The van der Waals surface area contributed by atoms with Crippen molar-refractivity contribution in [2.75, 3.05) is 13.6 Å². The van der Waals surface area contributed by atoms with Gasteiger partial charge >= 0.3 is 12.3 Å². The molecule has 1 amide bonds. The van der Waals surface area contributed by atoms with Gasteiger partial charge in [0.1, 0.15) is 17.4 Å². The van der Waals surface area contributed by atoms with Gasteiger partial charge in [-0.1, -0.05) is 18.2 Å². The Balaban J connectivity index is 1.84. The van der Waals surface area contributed by atoms with Gasteiger partial charge in [0.05, 0.1) is 13.2 Å². The summed E-state index contributed by atoms with van der Waals surface area (Å²) in [6.07, 6.45) is -4.20. The Bertz CT molecular complexity index is 907. The number of ether oxygens (including phenoxy) is 2. The smallest absolute Gasteiger partial charge is 0.433 e. The van der Waals surface area contributed by atoms with Crippen LogP contribution in [-0.4, -0.2) is 35.2 Å². The van der Waals surface area contributed by atoms with E-state index in [1.807, 2.05) is 6.07 Å². The lowest BCUT2D eigenvalue weighted by Gasteiger charge is -2.26. The predicted molar refractivity (Wildman–Crippen MR) is 101 cm³/mol. The van der Waals surface area contributed by atoms with Gasteiger partial charge in [-0.2, -0.15) is 13.2 Å². The Morgan fingerprint density at radius 1 is 1.28 bits per heavy atom. The van der Waals surface area contributed by atoms with Crippen LogP contribution in [0.3, 0.4) is 0 Å². The molecule has 1 aromatic carbocycles. The summed E-state index contributed by atoms with van der Waals surface area (Å²) in [7, 11) is 1.62. The number of benzene rings is 1. The molecule has 0 bridgehead atoms. The molecule has 8 heteroatoms. The van der Waals surface area contributed by atoms with Crippen molar-refractivity contribution in [3.63, 3.8) is 0 Å². The molecule has 3 rings (SSSR count). The largest absolute Gasteiger partial charge is 0.444 e. The lowest BCUT2D eigenvalue weighted by molar-refractivity contribution is -0.141. The molecular formula is C21H23F3N2O3. The fraction of sp³-hybridized carbons (Fsp3) is 0.429. The standard InChI is InChI=1S/C21H23F3N2O3/c1-20(2,3)29-19(27)26(4)11-17-15-7-5-6-14(16(15)12-28-17)13-8-9-25-18(10-13)21(22,23)24/h5-10,17H,11-12H2,1-4H3. The summed E-state index contributed by atoms with van der Waals surface area (Å²) in [6, 6.07) is 7.99. The van der Waals surface area contributed by atoms with Crippen molar-refractivity contribution in [1.82, 2.24) is 9.88 Å². The molecule has 1 atom stereocenters. The number of hydrogen-bond donors (Lipinski definition) is 0. The molecule has 0 N–H and O–H groups in total. The van der Waals surface area contributed by atoms with Crippen LogP contribution in [0.25, 0.3) is 11.1 Å². The lowest BCUT2D eigenvalue weighted by atomic mass is 9.95. The number of nitrogens with zero attached hydrogens (tertiary/aromatic N) is 2. The number of pyridine rings is 1. The normalized spacial score (nSPS) is 16.4. The highest BCUT2D eigenvalue weighted by molar-refractivity contribution is 5.70. The monoisotopic (exact) mass is 408 g/mol. The van der Waals surface area contributed by atoms with Gasteiger partial charge in [0, 0.05) is 13.2 Å². The number of halogens is 3. The van der Waals surface area contributed by atoms with Crippen LogP contribution >= 0.6 is 0 Å². The fourth-order valence-electron chi connectivity index (χ4n) is 3.18. The van der Waals surface area contributed by atoms with Crippen molar-refractivity contribution in [2.45, 2.75) is 45.3 Å². The van der Waals surface area contributed by atoms with Gasteiger partial charge in [0.2, 0.25) is 0 Å². The second-order valence-electron chi connectivity index (χ2n) is 7.96. The van der Waals surface area contributed by atoms with E-state index in [0.717, 1.165) is 23.4 Å². The van der Waals surface area contributed by atoms with E-state index in [1.54, 1.807) is 46.0 Å². The highest BCUT2D eigenvalue weighted by Crippen LogP contribution is 2.39. The fourth-order valence-corrected chi connectivity index (χ4v) is 3.18. The Morgan fingerprint density at radius 3 is 2.66 bits per heavy atom. The van der Waals surface area contributed by atoms with Crippen LogP contribution in [0.5, 0.6) is 0 Å². The Labute approximate surface area is 167 Å². The van der Waals surface area contributed by atoms with Crippen LogP contribution in [0.1, 0.15) is 43.7 Å². The first kappa shape index (κ1) is 21.1. The molecule has 29 heavy (non-hydrogen) atoms. The number of fused-ring (bicyclic) bond motifs is 1. The van der Waals surface area contributed by atoms with Gasteiger partial charge in [0.25, 0.3) is 0 Å². The van der Waals surface area contributed by atoms with Gasteiger partial charge in [-0.05, 0) is 55.2 Å². The van der Waals surface area contributed by atoms with Crippen LogP contribution in [0.15, 0.2) is 36.5 Å². The van der Waals surface area contributed by atoms with Gasteiger partial charge < -0.3 is 14.4 Å². The first-order chi connectivity index (χ1) is 13.5. The summed E-state index contributed by atoms with van der Waals surface area (Å²) in [4.78, 5) is 17.1. The van der Waals surface area contributed by atoms with E-state index < -0.39 is 23.6 Å². The highest BCUT2D eigenvalue weighted by Gasteiger charge is 2.33. The minimum Gasteiger partial charge on any atom is -0.444 e. The first-order valence-corrected chi connectivity index (χ1v) is 9.17. The maximum absolute atomic E-state index is 13.0. The number of carbonyl (C=O) groups is 1. The number of rotatable bonds is 3. The molecule has 1 aliphatic rings. The number of carbonyl (C=O) groups excluding carboxylic acids is 1. The molecule has 1 aliphatic heterocycles. The van der Waals surface area contributed by atoms with Crippen molar-refractivity contribution >= 4 is 6.09 Å². The molecule has 0 saturated carbocycles. The molecule has 1 unspecified atom stereocenters. The average Bonchev–Trinajstić information content (AvgIpc) is 3.02. The van der Waals surface area contributed by atoms with Crippen LogP contribution in [0, 0.1) is 0 Å². The molecule has 0 saturated heterocycles. The molecule has 0 fully saturated rings. The van der Waals surface area contributed by atoms with E-state index in [-0.39, 0.29) is 19.3 Å². The van der Waals surface area contributed by atoms with E-state index in [0.29, 0.717) is 11.1 Å². The van der Waals surface area contributed by atoms with Crippen LogP contribution in [-0.2, 0) is 22.3 Å². The van der Waals surface area contributed by atoms with E-state index in [4.69, 9.17) is 9.47 Å². The Hall–Kier alpha value is -2.61. The molecule has 2 aromatic rings. The number of likely N-dealkylation sites (N-methyl/N-ethyl adjacent to an activating group) is 1. The predicted octanol–water partition coefficient (Wildman–Crippen LogP) is 5.21. The number of amides is 1. The lowest BCUT2D eigenvalue weighted by Crippen LogP contribution is -2.36. The third-order valence-electron chi connectivity index (χ3n) is 4.49. The van der Waals surface area contributed by atoms with Crippen molar-refractivity contribution in [2.24, 2.45) is 0 Å². The number of alkyl halides is 3. The zero-order valence-corrected chi connectivity index (χ0v) is 16.7. The minimum absolute atomic E-state index is 0.252. The molecule has 5 nitrogen and oxygen atoms in total. The first-order valence-electron chi connectivity index (χ1n) is 9.17. The summed E-state index contributed by atoms with van der Waals surface area (Å²) < 4.78 is 50.3. The number of aromatic nitrogens is 1. The summed E-state index contributed by atoms with van der Waals surface area (Å²) in [5.41, 5.74) is 1.21. The van der Waals surface area contributed by atoms with E-state index in [2.05, 4.69) is 4.98 Å². The number of hydrogen-bond acceptors (Lipinski definition) is 4. The SMILES string of the molecule is CN(CC1OCc2c(-c3ccnc(C(F)(F)F)c3)cccc21)C(=O)OC(C)(C)C. The third-order valence-corrected chi connectivity index (χ3v) is 4.49. The van der Waals surface area contributed by atoms with Crippen LogP contribution < -0.4 is 0 Å². The molecule has 0 spiro atoms. The van der Waals surface area contributed by atoms with Crippen molar-refractivity contribution in [3.05, 3.63) is 53.3 Å². The average molecular weight is 408 g/mol. The highest BCUT2D eigenvalue weighted by atomic mass is 19.4. The Morgan fingerprint density at radius 2 is 2.00 bits per heavy atom. The molecule has 156 valence electrons. The van der Waals surface area contributed by atoms with Gasteiger partial charge in [-0.3, -0.25) is 4.98 Å². The van der Waals surface area contributed by atoms with Crippen LogP contribution in [0.2, 0.25) is 0 Å². The minimum atomic E-state index is -4.51. The molecule has 1 aromatic heterocycles. The van der Waals surface area contributed by atoms with Crippen molar-refractivity contribution < 1.29 is 27.4 Å². The maximum atomic E-state index is 13.0. The molecular weight excluding hydrogens is 385 g/mol. The molecule has 0 aliphatic carbocycles. The Kier molecular flexibility index (Phi) is 5.58. The van der Waals surface area contributed by atoms with E-state index in [1.165, 1.54) is 4.90 Å². The third kappa shape index (κ3) is 4.87. The zero-order valence-electron chi connectivity index (χ0n) is 16.7. The second-order valence-corrected chi connectivity index (χ2v) is 7.96. The summed E-state index contributed by atoms with van der Waals surface area (Å²) in [5.74, 6) is 0. The van der Waals surface area contributed by atoms with Crippen LogP contribution in [0.4, 0.5) is 18.0 Å². The van der Waals surface area contributed by atoms with E-state index in [9.17, 15) is 18.0 Å². The van der Waals surface area contributed by atoms with Crippen molar-refractivity contribution in [1.29, 1.82) is 0 Å². The zero-order chi connectivity index (χ0) is 21.4.